The molecule has 1 fully saturated rings. The number of nitrogens with zero attached hydrogens (tertiary/aromatic N) is 5. The van der Waals surface area contributed by atoms with Crippen molar-refractivity contribution in [2.75, 3.05) is 37.7 Å². The molecule has 1 aliphatic heterocycles. The fourth-order valence-electron chi connectivity index (χ4n) is 3.32. The molecule has 2 aromatic heterocycles. The lowest BCUT2D eigenvalue weighted by Gasteiger charge is -2.34. The van der Waals surface area contributed by atoms with E-state index in [1.807, 2.05) is 34.8 Å². The fourth-order valence-corrected chi connectivity index (χ4v) is 4.36. The SMILES string of the molecule is CCOc1cccc2sc(N3CCN(C(=O)c4ccn(C(C)C)n4)CC3)nc12. The van der Waals surface area contributed by atoms with Crippen LogP contribution in [0.4, 0.5) is 5.13 Å². The van der Waals surface area contributed by atoms with Gasteiger partial charge in [0, 0.05) is 38.4 Å². The minimum Gasteiger partial charge on any atom is -0.492 e. The van der Waals surface area contributed by atoms with Crippen molar-refractivity contribution in [2.24, 2.45) is 0 Å². The molecule has 0 radical (unpaired) electrons. The number of fused-ring (bicyclic) bond motifs is 1. The van der Waals surface area contributed by atoms with Crippen molar-refractivity contribution in [2.45, 2.75) is 26.8 Å². The third kappa shape index (κ3) is 3.56. The number of ether oxygens (including phenoxy) is 1. The van der Waals surface area contributed by atoms with Gasteiger partial charge in [0.2, 0.25) is 0 Å². The van der Waals surface area contributed by atoms with Gasteiger partial charge in [-0.15, -0.1) is 0 Å². The Hall–Kier alpha value is -2.61. The lowest BCUT2D eigenvalue weighted by atomic mass is 10.3. The lowest BCUT2D eigenvalue weighted by molar-refractivity contribution is 0.0739. The molecule has 0 N–H and O–H groups in total. The van der Waals surface area contributed by atoms with Gasteiger partial charge in [0.15, 0.2) is 5.13 Å². The summed E-state index contributed by atoms with van der Waals surface area (Å²) in [5, 5.41) is 5.39. The van der Waals surface area contributed by atoms with E-state index in [1.165, 1.54) is 0 Å². The van der Waals surface area contributed by atoms with Gasteiger partial charge in [0.05, 0.1) is 11.3 Å². The van der Waals surface area contributed by atoms with E-state index in [9.17, 15) is 4.79 Å². The van der Waals surface area contributed by atoms with E-state index >= 15 is 0 Å². The number of rotatable bonds is 5. The normalized spacial score (nSPS) is 14.9. The number of anilines is 1. The van der Waals surface area contributed by atoms with Gasteiger partial charge in [0.25, 0.3) is 5.91 Å². The van der Waals surface area contributed by atoms with Crippen molar-refractivity contribution in [3.63, 3.8) is 0 Å². The summed E-state index contributed by atoms with van der Waals surface area (Å²) in [6.07, 6.45) is 1.87. The Morgan fingerprint density at radius 2 is 2.00 bits per heavy atom. The minimum atomic E-state index is 0.00184. The molecule has 148 valence electrons. The monoisotopic (exact) mass is 399 g/mol. The Balaban J connectivity index is 1.44. The Labute approximate surface area is 168 Å². The Kier molecular flexibility index (Phi) is 5.21. The molecule has 1 aromatic carbocycles. The van der Waals surface area contributed by atoms with Gasteiger partial charge in [-0.1, -0.05) is 17.4 Å². The molecule has 0 atom stereocenters. The average molecular weight is 400 g/mol. The second-order valence-corrected chi connectivity index (χ2v) is 8.10. The Morgan fingerprint density at radius 1 is 1.21 bits per heavy atom. The van der Waals surface area contributed by atoms with Crippen molar-refractivity contribution in [1.82, 2.24) is 19.7 Å². The van der Waals surface area contributed by atoms with Gasteiger partial charge >= 0.3 is 0 Å². The summed E-state index contributed by atoms with van der Waals surface area (Å²) in [4.78, 5) is 21.7. The molecule has 1 aliphatic rings. The van der Waals surface area contributed by atoms with E-state index in [2.05, 4.69) is 29.9 Å². The molecule has 4 rings (SSSR count). The number of aromatic nitrogens is 3. The standard InChI is InChI=1S/C20H25N5O2S/c1-4-27-16-6-5-7-17-18(16)21-20(28-17)24-12-10-23(11-13-24)19(26)15-8-9-25(22-15)14(2)3/h5-9,14H,4,10-13H2,1-3H3. The highest BCUT2D eigenvalue weighted by Crippen LogP contribution is 2.34. The zero-order valence-corrected chi connectivity index (χ0v) is 17.3. The van der Waals surface area contributed by atoms with Crippen LogP contribution < -0.4 is 9.64 Å². The quantitative estimate of drug-likeness (QED) is 0.658. The van der Waals surface area contributed by atoms with Crippen LogP contribution in [-0.2, 0) is 0 Å². The molecule has 7 nitrogen and oxygen atoms in total. The van der Waals surface area contributed by atoms with Crippen LogP contribution in [-0.4, -0.2) is 58.4 Å². The summed E-state index contributed by atoms with van der Waals surface area (Å²) in [7, 11) is 0. The fraction of sp³-hybridized carbons (Fsp3) is 0.450. The zero-order chi connectivity index (χ0) is 19.7. The molecule has 1 amide bonds. The molecule has 0 unspecified atom stereocenters. The summed E-state index contributed by atoms with van der Waals surface area (Å²) in [6, 6.07) is 8.09. The maximum absolute atomic E-state index is 12.7. The van der Waals surface area contributed by atoms with Crippen molar-refractivity contribution in [3.05, 3.63) is 36.2 Å². The van der Waals surface area contributed by atoms with Gasteiger partial charge in [0.1, 0.15) is 17.0 Å². The predicted octanol–water partition coefficient (Wildman–Crippen LogP) is 3.43. The minimum absolute atomic E-state index is 0.00184. The molecule has 0 saturated carbocycles. The van der Waals surface area contributed by atoms with E-state index in [4.69, 9.17) is 9.72 Å². The third-order valence-corrected chi connectivity index (χ3v) is 5.95. The van der Waals surface area contributed by atoms with Gasteiger partial charge in [-0.3, -0.25) is 9.48 Å². The van der Waals surface area contributed by atoms with E-state index in [0.717, 1.165) is 34.2 Å². The Bertz CT molecular complexity index is 972. The van der Waals surface area contributed by atoms with E-state index in [0.29, 0.717) is 25.4 Å². The number of benzene rings is 1. The number of hydrogen-bond donors (Lipinski definition) is 0. The van der Waals surface area contributed by atoms with Crippen LogP contribution in [0.2, 0.25) is 0 Å². The van der Waals surface area contributed by atoms with E-state index < -0.39 is 0 Å². The lowest BCUT2D eigenvalue weighted by Crippen LogP contribution is -2.48. The van der Waals surface area contributed by atoms with Crippen molar-refractivity contribution in [3.8, 4) is 5.75 Å². The molecular weight excluding hydrogens is 374 g/mol. The van der Waals surface area contributed by atoms with Crippen LogP contribution in [0.5, 0.6) is 5.75 Å². The number of carbonyl (C=O) groups is 1. The van der Waals surface area contributed by atoms with Gasteiger partial charge < -0.3 is 14.5 Å². The number of carbonyl (C=O) groups excluding carboxylic acids is 1. The zero-order valence-electron chi connectivity index (χ0n) is 16.5. The molecule has 8 heteroatoms. The highest BCUT2D eigenvalue weighted by Gasteiger charge is 2.25. The molecule has 0 aliphatic carbocycles. The van der Waals surface area contributed by atoms with Crippen molar-refractivity contribution in [1.29, 1.82) is 0 Å². The second kappa shape index (κ2) is 7.79. The van der Waals surface area contributed by atoms with Crippen LogP contribution >= 0.6 is 11.3 Å². The molecule has 28 heavy (non-hydrogen) atoms. The predicted molar refractivity (Wildman–Crippen MR) is 112 cm³/mol. The maximum atomic E-state index is 12.7. The van der Waals surface area contributed by atoms with Gasteiger partial charge in [-0.2, -0.15) is 5.10 Å². The van der Waals surface area contributed by atoms with Crippen LogP contribution in [0.25, 0.3) is 10.2 Å². The van der Waals surface area contributed by atoms with E-state index in [1.54, 1.807) is 17.4 Å². The third-order valence-electron chi connectivity index (χ3n) is 4.86. The maximum Gasteiger partial charge on any atom is 0.274 e. The molecule has 3 aromatic rings. The van der Waals surface area contributed by atoms with Gasteiger partial charge in [-0.05, 0) is 39.0 Å². The first-order valence-corrected chi connectivity index (χ1v) is 10.5. The van der Waals surface area contributed by atoms with Crippen LogP contribution in [0.15, 0.2) is 30.5 Å². The second-order valence-electron chi connectivity index (χ2n) is 7.09. The number of amides is 1. The average Bonchev–Trinajstić information content (AvgIpc) is 3.36. The highest BCUT2D eigenvalue weighted by atomic mass is 32.1. The first kappa shape index (κ1) is 18.7. The summed E-state index contributed by atoms with van der Waals surface area (Å²) in [5.74, 6) is 0.832. The first-order valence-electron chi connectivity index (χ1n) is 9.68. The summed E-state index contributed by atoms with van der Waals surface area (Å²) in [5.41, 5.74) is 1.44. The Morgan fingerprint density at radius 3 is 2.68 bits per heavy atom. The number of hydrogen-bond acceptors (Lipinski definition) is 6. The number of piperazine rings is 1. The largest absolute Gasteiger partial charge is 0.492 e. The molecule has 0 bridgehead atoms. The molecule has 0 spiro atoms. The highest BCUT2D eigenvalue weighted by molar-refractivity contribution is 7.22. The summed E-state index contributed by atoms with van der Waals surface area (Å²) in [6.45, 7) is 9.57. The van der Waals surface area contributed by atoms with Crippen LogP contribution in [0.1, 0.15) is 37.3 Å². The van der Waals surface area contributed by atoms with Gasteiger partial charge in [-0.25, -0.2) is 4.98 Å². The summed E-state index contributed by atoms with van der Waals surface area (Å²) >= 11 is 1.67. The molecule has 3 heterocycles. The number of thiazole rings is 1. The smallest absolute Gasteiger partial charge is 0.274 e. The number of para-hydroxylation sites is 1. The van der Waals surface area contributed by atoms with Crippen molar-refractivity contribution < 1.29 is 9.53 Å². The molecule has 1 saturated heterocycles. The van der Waals surface area contributed by atoms with E-state index in [-0.39, 0.29) is 11.9 Å². The van der Waals surface area contributed by atoms with Crippen molar-refractivity contribution >= 4 is 32.6 Å². The van der Waals surface area contributed by atoms with Crippen LogP contribution in [0.3, 0.4) is 0 Å². The molecular formula is C20H25N5O2S. The summed E-state index contributed by atoms with van der Waals surface area (Å²) < 4.78 is 8.64. The topological polar surface area (TPSA) is 63.5 Å². The van der Waals surface area contributed by atoms with Crippen LogP contribution in [0, 0.1) is 0 Å². The first-order chi connectivity index (χ1) is 13.6.